The Kier molecular flexibility index (Phi) is 8.57. The molecule has 0 fully saturated rings. The lowest BCUT2D eigenvalue weighted by atomic mass is 9.79. The van der Waals surface area contributed by atoms with Gasteiger partial charge in [0, 0.05) is 17.2 Å². The van der Waals surface area contributed by atoms with E-state index in [1.807, 2.05) is 6.07 Å². The standard InChI is InChI=1S/C17H26Cl2/c1-2-3-4-5-6-10-13-17(14-18,15-19)16-11-8-7-9-12-16/h7-9,11-12H,2-6,10,13-15H2,1H3. The summed E-state index contributed by atoms with van der Waals surface area (Å²) in [6.07, 6.45) is 8.96. The molecule has 2 heteroatoms. The molecule has 0 aliphatic heterocycles. The highest BCUT2D eigenvalue weighted by molar-refractivity contribution is 6.22. The van der Waals surface area contributed by atoms with Crippen molar-refractivity contribution in [3.8, 4) is 0 Å². The fourth-order valence-corrected chi connectivity index (χ4v) is 3.36. The highest BCUT2D eigenvalue weighted by Gasteiger charge is 2.29. The third kappa shape index (κ3) is 5.36. The van der Waals surface area contributed by atoms with Crippen LogP contribution < -0.4 is 0 Å². The molecule has 0 saturated heterocycles. The second kappa shape index (κ2) is 9.66. The van der Waals surface area contributed by atoms with E-state index in [0.29, 0.717) is 11.8 Å². The van der Waals surface area contributed by atoms with Gasteiger partial charge in [0.2, 0.25) is 0 Å². The summed E-state index contributed by atoms with van der Waals surface area (Å²) in [4.78, 5) is 0. The molecule has 0 unspecified atom stereocenters. The summed E-state index contributed by atoms with van der Waals surface area (Å²) < 4.78 is 0. The average Bonchev–Trinajstić information content (AvgIpc) is 2.48. The van der Waals surface area contributed by atoms with Gasteiger partial charge in [-0.1, -0.05) is 75.8 Å². The lowest BCUT2D eigenvalue weighted by Crippen LogP contribution is -2.30. The van der Waals surface area contributed by atoms with E-state index in [0.717, 1.165) is 6.42 Å². The minimum Gasteiger partial charge on any atom is -0.126 e. The van der Waals surface area contributed by atoms with Crippen molar-refractivity contribution in [2.75, 3.05) is 11.8 Å². The van der Waals surface area contributed by atoms with Crippen LogP contribution in [0.2, 0.25) is 0 Å². The van der Waals surface area contributed by atoms with Crippen LogP contribution in [-0.4, -0.2) is 11.8 Å². The zero-order chi connectivity index (χ0) is 14.0. The first-order valence-corrected chi connectivity index (χ1v) is 8.53. The molecular formula is C17H26Cl2. The Bertz CT molecular complexity index is 317. The van der Waals surface area contributed by atoms with Crippen molar-refractivity contribution in [1.29, 1.82) is 0 Å². The zero-order valence-electron chi connectivity index (χ0n) is 12.0. The number of alkyl halides is 2. The van der Waals surface area contributed by atoms with Gasteiger partial charge in [0.05, 0.1) is 0 Å². The van der Waals surface area contributed by atoms with Crippen LogP contribution in [0.3, 0.4) is 0 Å². The second-order valence-corrected chi connectivity index (χ2v) is 5.97. The van der Waals surface area contributed by atoms with E-state index in [1.165, 1.54) is 44.1 Å². The van der Waals surface area contributed by atoms with Gasteiger partial charge < -0.3 is 0 Å². The van der Waals surface area contributed by atoms with Crippen molar-refractivity contribution >= 4 is 23.2 Å². The monoisotopic (exact) mass is 300 g/mol. The lowest BCUT2D eigenvalue weighted by molar-refractivity contribution is 0.452. The third-order valence-electron chi connectivity index (χ3n) is 3.91. The van der Waals surface area contributed by atoms with Gasteiger partial charge in [-0.15, -0.1) is 23.2 Å². The molecule has 0 aliphatic carbocycles. The van der Waals surface area contributed by atoms with Crippen molar-refractivity contribution in [3.63, 3.8) is 0 Å². The largest absolute Gasteiger partial charge is 0.126 e. The Balaban J connectivity index is 2.48. The fraction of sp³-hybridized carbons (Fsp3) is 0.647. The van der Waals surface area contributed by atoms with Crippen molar-refractivity contribution in [2.24, 2.45) is 0 Å². The summed E-state index contributed by atoms with van der Waals surface area (Å²) in [5.74, 6) is 1.21. The topological polar surface area (TPSA) is 0 Å². The predicted octanol–water partition coefficient (Wildman–Crippen LogP) is 6.15. The van der Waals surface area contributed by atoms with Gasteiger partial charge in [-0.2, -0.15) is 0 Å². The van der Waals surface area contributed by atoms with E-state index in [-0.39, 0.29) is 5.41 Å². The van der Waals surface area contributed by atoms with E-state index in [1.54, 1.807) is 0 Å². The first-order valence-electron chi connectivity index (χ1n) is 7.46. The van der Waals surface area contributed by atoms with Crippen molar-refractivity contribution in [3.05, 3.63) is 35.9 Å². The SMILES string of the molecule is CCCCCCCCC(CCl)(CCl)c1ccccc1. The predicted molar refractivity (Wildman–Crippen MR) is 87.6 cm³/mol. The molecule has 1 aromatic rings. The normalized spacial score (nSPS) is 11.7. The summed E-state index contributed by atoms with van der Waals surface area (Å²) in [6, 6.07) is 10.5. The van der Waals surface area contributed by atoms with Gasteiger partial charge in [0.1, 0.15) is 0 Å². The van der Waals surface area contributed by atoms with Crippen LogP contribution in [0.25, 0.3) is 0 Å². The van der Waals surface area contributed by atoms with Crippen LogP contribution in [0.1, 0.15) is 57.4 Å². The van der Waals surface area contributed by atoms with E-state index < -0.39 is 0 Å². The van der Waals surface area contributed by atoms with Gasteiger partial charge >= 0.3 is 0 Å². The quantitative estimate of drug-likeness (QED) is 0.359. The molecule has 0 radical (unpaired) electrons. The smallest absolute Gasteiger partial charge is 0.0332 e. The molecule has 0 saturated carbocycles. The van der Waals surface area contributed by atoms with Crippen molar-refractivity contribution in [2.45, 2.75) is 57.3 Å². The lowest BCUT2D eigenvalue weighted by Gasteiger charge is -2.30. The number of rotatable bonds is 10. The molecule has 108 valence electrons. The summed E-state index contributed by atoms with van der Waals surface area (Å²) in [6.45, 7) is 2.25. The van der Waals surface area contributed by atoms with Gasteiger partial charge in [-0.25, -0.2) is 0 Å². The molecule has 0 atom stereocenters. The highest BCUT2D eigenvalue weighted by Crippen LogP contribution is 2.33. The van der Waals surface area contributed by atoms with Gasteiger partial charge in [0.25, 0.3) is 0 Å². The molecule has 0 nitrogen and oxygen atoms in total. The number of hydrogen-bond donors (Lipinski definition) is 0. The highest BCUT2D eigenvalue weighted by atomic mass is 35.5. The maximum absolute atomic E-state index is 6.24. The molecule has 19 heavy (non-hydrogen) atoms. The Hall–Kier alpha value is -0.200. The Morgan fingerprint density at radius 2 is 1.42 bits per heavy atom. The van der Waals surface area contributed by atoms with Crippen LogP contribution in [-0.2, 0) is 5.41 Å². The van der Waals surface area contributed by atoms with Gasteiger partial charge in [-0.3, -0.25) is 0 Å². The number of hydrogen-bond acceptors (Lipinski definition) is 0. The second-order valence-electron chi connectivity index (χ2n) is 5.43. The first-order chi connectivity index (χ1) is 9.29. The van der Waals surface area contributed by atoms with E-state index in [4.69, 9.17) is 23.2 Å². The van der Waals surface area contributed by atoms with E-state index in [2.05, 4.69) is 31.2 Å². The summed E-state index contributed by atoms with van der Waals surface area (Å²) >= 11 is 12.5. The summed E-state index contributed by atoms with van der Waals surface area (Å²) in [5, 5.41) is 0. The van der Waals surface area contributed by atoms with E-state index >= 15 is 0 Å². The minimum absolute atomic E-state index is 0.0465. The van der Waals surface area contributed by atoms with Gasteiger partial charge in [-0.05, 0) is 12.0 Å². The molecule has 0 spiro atoms. The molecule has 0 bridgehead atoms. The zero-order valence-corrected chi connectivity index (χ0v) is 13.5. The number of benzene rings is 1. The molecule has 0 N–H and O–H groups in total. The first kappa shape index (κ1) is 16.9. The molecule has 0 heterocycles. The third-order valence-corrected chi connectivity index (χ3v) is 4.93. The molecule has 1 rings (SSSR count). The fourth-order valence-electron chi connectivity index (χ4n) is 2.50. The summed E-state index contributed by atoms with van der Waals surface area (Å²) in [7, 11) is 0. The van der Waals surface area contributed by atoms with Crippen LogP contribution >= 0.6 is 23.2 Å². The Labute approximate surface area is 128 Å². The molecular weight excluding hydrogens is 275 g/mol. The average molecular weight is 301 g/mol. The van der Waals surface area contributed by atoms with E-state index in [9.17, 15) is 0 Å². The number of unbranched alkanes of at least 4 members (excludes halogenated alkanes) is 5. The molecule has 0 amide bonds. The van der Waals surface area contributed by atoms with Crippen LogP contribution in [0.4, 0.5) is 0 Å². The van der Waals surface area contributed by atoms with Gasteiger partial charge in [0.15, 0.2) is 0 Å². The minimum atomic E-state index is -0.0465. The van der Waals surface area contributed by atoms with Crippen LogP contribution in [0.5, 0.6) is 0 Å². The number of halogens is 2. The maximum Gasteiger partial charge on any atom is 0.0332 e. The molecule has 0 aliphatic rings. The maximum atomic E-state index is 6.24. The van der Waals surface area contributed by atoms with Crippen LogP contribution in [0.15, 0.2) is 30.3 Å². The molecule has 1 aromatic carbocycles. The van der Waals surface area contributed by atoms with Crippen LogP contribution in [0, 0.1) is 0 Å². The Morgan fingerprint density at radius 1 is 0.842 bits per heavy atom. The van der Waals surface area contributed by atoms with Crippen molar-refractivity contribution < 1.29 is 0 Å². The Morgan fingerprint density at radius 3 is 2.00 bits per heavy atom. The molecule has 0 aromatic heterocycles. The van der Waals surface area contributed by atoms with Crippen molar-refractivity contribution in [1.82, 2.24) is 0 Å². The summed E-state index contributed by atoms with van der Waals surface area (Å²) in [5.41, 5.74) is 1.24.